The number of hydrogen-bond donors (Lipinski definition) is 1. The molecule has 0 aromatic rings. The highest BCUT2D eigenvalue weighted by Gasteiger charge is 2.57. The van der Waals surface area contributed by atoms with Crippen molar-refractivity contribution in [2.75, 3.05) is 13.7 Å². The van der Waals surface area contributed by atoms with Gasteiger partial charge in [-0.3, -0.25) is 0 Å². The van der Waals surface area contributed by atoms with Crippen molar-refractivity contribution >= 4 is 8.32 Å². The Morgan fingerprint density at radius 1 is 1.13 bits per heavy atom. The van der Waals surface area contributed by atoms with Crippen LogP contribution in [0.4, 0.5) is 0 Å². The molecule has 7 heteroatoms. The van der Waals surface area contributed by atoms with Crippen LogP contribution in [0.2, 0.25) is 18.1 Å². The van der Waals surface area contributed by atoms with Gasteiger partial charge in [-0.2, -0.15) is 0 Å². The second-order valence-electron chi connectivity index (χ2n) is 8.37. The van der Waals surface area contributed by atoms with Crippen LogP contribution in [-0.4, -0.2) is 63.6 Å². The molecule has 2 saturated heterocycles. The van der Waals surface area contributed by atoms with Crippen molar-refractivity contribution in [3.8, 4) is 0 Å². The Morgan fingerprint density at radius 2 is 1.70 bits per heavy atom. The summed E-state index contributed by atoms with van der Waals surface area (Å²) in [4.78, 5) is 0. The van der Waals surface area contributed by atoms with E-state index in [-0.39, 0.29) is 30.0 Å². The minimum absolute atomic E-state index is 0.0591. The molecule has 0 radical (unpaired) electrons. The van der Waals surface area contributed by atoms with Crippen LogP contribution in [0, 0.1) is 0 Å². The molecule has 0 bridgehead atoms. The Morgan fingerprint density at radius 3 is 2.17 bits per heavy atom. The van der Waals surface area contributed by atoms with Crippen LogP contribution in [0.25, 0.3) is 0 Å². The van der Waals surface area contributed by atoms with Crippen molar-refractivity contribution in [2.24, 2.45) is 0 Å². The average Bonchev–Trinajstić information content (AvgIpc) is 2.73. The van der Waals surface area contributed by atoms with Crippen LogP contribution in [0.3, 0.4) is 0 Å². The maximum absolute atomic E-state index is 9.62. The summed E-state index contributed by atoms with van der Waals surface area (Å²) in [6.45, 7) is 14.5. The largest absolute Gasteiger partial charge is 0.406 e. The third kappa shape index (κ3) is 3.81. The monoisotopic (exact) mass is 348 g/mol. The highest BCUT2D eigenvalue weighted by Crippen LogP contribution is 2.43. The third-order valence-electron chi connectivity index (χ3n) is 5.08. The maximum atomic E-state index is 9.62. The van der Waals surface area contributed by atoms with E-state index in [9.17, 15) is 5.11 Å². The van der Waals surface area contributed by atoms with Gasteiger partial charge in [-0.1, -0.05) is 20.8 Å². The number of methoxy groups -OCH3 is 1. The second kappa shape index (κ2) is 6.37. The Hall–Kier alpha value is -0.0231. The van der Waals surface area contributed by atoms with Crippen molar-refractivity contribution in [1.29, 1.82) is 0 Å². The molecule has 23 heavy (non-hydrogen) atoms. The highest BCUT2D eigenvalue weighted by atomic mass is 28.4. The van der Waals surface area contributed by atoms with Gasteiger partial charge >= 0.3 is 0 Å². The lowest BCUT2D eigenvalue weighted by atomic mass is 9.99. The zero-order valence-corrected chi connectivity index (χ0v) is 16.6. The first-order chi connectivity index (χ1) is 10.4. The number of ether oxygens (including phenoxy) is 4. The van der Waals surface area contributed by atoms with Gasteiger partial charge in [0.05, 0.1) is 6.61 Å². The number of aliphatic hydroxyl groups excluding tert-OH is 1. The Bertz CT molecular complexity index is 419. The topological polar surface area (TPSA) is 66.4 Å². The van der Waals surface area contributed by atoms with Gasteiger partial charge in [0.2, 0.25) is 0 Å². The summed E-state index contributed by atoms with van der Waals surface area (Å²) in [7, 11) is -0.461. The van der Waals surface area contributed by atoms with Crippen molar-refractivity contribution in [2.45, 2.75) is 89.2 Å². The summed E-state index contributed by atoms with van der Waals surface area (Å²) in [5.41, 5.74) is 0. The molecule has 0 amide bonds. The van der Waals surface area contributed by atoms with E-state index in [2.05, 4.69) is 33.9 Å². The molecule has 2 rings (SSSR count). The zero-order valence-electron chi connectivity index (χ0n) is 15.6. The summed E-state index contributed by atoms with van der Waals surface area (Å²) < 4.78 is 30.0. The van der Waals surface area contributed by atoms with Crippen molar-refractivity contribution in [3.05, 3.63) is 0 Å². The number of hydrogen-bond acceptors (Lipinski definition) is 6. The predicted molar refractivity (Wildman–Crippen MR) is 88.7 cm³/mol. The first kappa shape index (κ1) is 19.3. The van der Waals surface area contributed by atoms with Gasteiger partial charge in [0.25, 0.3) is 0 Å². The van der Waals surface area contributed by atoms with Crippen molar-refractivity contribution in [1.82, 2.24) is 0 Å². The van der Waals surface area contributed by atoms with E-state index >= 15 is 0 Å². The molecule has 2 fully saturated rings. The molecule has 0 unspecified atom stereocenters. The molecule has 0 aromatic carbocycles. The molecule has 0 saturated carbocycles. The predicted octanol–water partition coefficient (Wildman–Crippen LogP) is 2.26. The standard InChI is InChI=1S/C16H32O6Si/c1-15(2,3)23(7,8)22-13-12-11(20-16(4,5)21-12)10(9-17)19-14(13)18-6/h10-14,17H,9H2,1-8H3/t10-,11+,12+,13-,14-/m1/s1. The van der Waals surface area contributed by atoms with Crippen LogP contribution in [0.5, 0.6) is 0 Å². The molecular weight excluding hydrogens is 316 g/mol. The van der Waals surface area contributed by atoms with Gasteiger partial charge in [0.15, 0.2) is 20.4 Å². The van der Waals surface area contributed by atoms with Gasteiger partial charge in [0, 0.05) is 7.11 Å². The molecule has 2 heterocycles. The fourth-order valence-electron chi connectivity index (χ4n) is 2.82. The van der Waals surface area contributed by atoms with Crippen LogP contribution >= 0.6 is 0 Å². The van der Waals surface area contributed by atoms with Crippen LogP contribution in [0.1, 0.15) is 34.6 Å². The summed E-state index contributed by atoms with van der Waals surface area (Å²) in [5, 5.41) is 9.68. The number of fused-ring (bicyclic) bond motifs is 1. The van der Waals surface area contributed by atoms with E-state index in [1.54, 1.807) is 7.11 Å². The summed E-state index contributed by atoms with van der Waals surface area (Å²) in [5.74, 6) is -0.732. The van der Waals surface area contributed by atoms with E-state index in [1.807, 2.05) is 13.8 Å². The molecule has 1 N–H and O–H groups in total. The quantitative estimate of drug-likeness (QED) is 0.786. The molecule has 6 nitrogen and oxygen atoms in total. The second-order valence-corrected chi connectivity index (χ2v) is 13.1. The van der Waals surface area contributed by atoms with Gasteiger partial charge in [0.1, 0.15) is 24.4 Å². The van der Waals surface area contributed by atoms with E-state index < -0.39 is 26.5 Å². The molecular formula is C16H32O6Si. The molecule has 0 aromatic heterocycles. The van der Waals surface area contributed by atoms with E-state index in [0.717, 1.165) is 0 Å². The molecule has 2 aliphatic rings. The molecule has 0 spiro atoms. The first-order valence-electron chi connectivity index (χ1n) is 8.24. The average molecular weight is 349 g/mol. The third-order valence-corrected chi connectivity index (χ3v) is 9.55. The molecule has 0 aliphatic carbocycles. The normalized spacial score (nSPS) is 37.7. The molecule has 5 atom stereocenters. The number of rotatable bonds is 4. The minimum Gasteiger partial charge on any atom is -0.406 e. The lowest BCUT2D eigenvalue weighted by Gasteiger charge is -2.46. The molecule has 136 valence electrons. The molecule has 2 aliphatic heterocycles. The van der Waals surface area contributed by atoms with Gasteiger partial charge in [-0.15, -0.1) is 0 Å². The van der Waals surface area contributed by atoms with E-state index in [1.165, 1.54) is 0 Å². The lowest BCUT2D eigenvalue weighted by molar-refractivity contribution is -0.270. The number of aliphatic hydroxyl groups is 1. The van der Waals surface area contributed by atoms with Gasteiger partial charge in [-0.05, 0) is 32.0 Å². The van der Waals surface area contributed by atoms with Gasteiger partial charge in [-0.25, -0.2) is 0 Å². The smallest absolute Gasteiger partial charge is 0.192 e. The minimum atomic E-state index is -2.05. The summed E-state index contributed by atoms with van der Waals surface area (Å²) in [6.07, 6.45) is -2.13. The fourth-order valence-corrected chi connectivity index (χ4v) is 4.10. The Balaban J connectivity index is 2.28. The summed E-state index contributed by atoms with van der Waals surface area (Å²) >= 11 is 0. The Kier molecular flexibility index (Phi) is 5.34. The zero-order chi connectivity index (χ0) is 17.6. The van der Waals surface area contributed by atoms with Crippen LogP contribution in [0.15, 0.2) is 0 Å². The van der Waals surface area contributed by atoms with E-state index in [4.69, 9.17) is 23.4 Å². The SMILES string of the molecule is CO[C@@H]1O[C@H](CO)[C@@H]2OC(C)(C)O[C@@H]2[C@H]1O[Si](C)(C)C(C)(C)C. The lowest BCUT2D eigenvalue weighted by Crippen LogP contribution is -2.61. The van der Waals surface area contributed by atoms with E-state index in [0.29, 0.717) is 0 Å². The Labute approximate surface area is 140 Å². The van der Waals surface area contributed by atoms with Crippen molar-refractivity contribution in [3.63, 3.8) is 0 Å². The first-order valence-corrected chi connectivity index (χ1v) is 11.2. The summed E-state index contributed by atoms with van der Waals surface area (Å²) in [6, 6.07) is 0. The van der Waals surface area contributed by atoms with Gasteiger partial charge < -0.3 is 28.5 Å². The van der Waals surface area contributed by atoms with Crippen LogP contribution in [-0.2, 0) is 23.4 Å². The van der Waals surface area contributed by atoms with Crippen LogP contribution < -0.4 is 0 Å². The fraction of sp³-hybridized carbons (Fsp3) is 1.00. The van der Waals surface area contributed by atoms with Crippen molar-refractivity contribution < 1.29 is 28.5 Å². The maximum Gasteiger partial charge on any atom is 0.192 e. The highest BCUT2D eigenvalue weighted by molar-refractivity contribution is 6.74.